The molecule has 0 spiro atoms. The standard InChI is InChI=1S/C43H76N4O19.C11H16N2O6.CH4O/c1-4-57-33-43(34-64-18-12-36(48)7-6-17-58-25-23-55-2,35-65-20-13-38(50)45-16-21-60-26-24-56-3)46-39(51)14-19-59-27-29-62-31-32-63-30-28-61-22-15-44-37(49)8-5-9-42(54)66-47-40(52)10-11-41(47)53;1-18-7-6-12-8(14)2-5-11(17)19-13-9(15)3-4-10(13)16;1-2/h4-35H2,1-3H3,(H,44,49)(H,45,50)(H,46,51);2-7H2,1H3,(H,12,14);2H,1H3. The zero-order valence-electron chi connectivity index (χ0n) is 51.4. The first-order valence-corrected chi connectivity index (χ1v) is 29.0. The maximum Gasteiger partial charge on any atom is 0.333 e. The molecule has 1 atom stereocenters. The van der Waals surface area contributed by atoms with Crippen LogP contribution in [0.3, 0.4) is 0 Å². The van der Waals surface area contributed by atoms with Gasteiger partial charge in [0.05, 0.1) is 132 Å². The number of nitrogens with one attached hydrogen (secondary N) is 4. The third kappa shape index (κ3) is 45.2. The molecule has 502 valence electrons. The average molecular weight is 1260 g/mol. The Morgan fingerprint density at radius 1 is 0.391 bits per heavy atom. The maximum absolute atomic E-state index is 13.2. The number of aliphatic hydroxyl groups is 1. The summed E-state index contributed by atoms with van der Waals surface area (Å²) in [5, 5.41) is 18.9. The number of ketones is 1. The monoisotopic (exact) mass is 1260 g/mol. The largest absolute Gasteiger partial charge is 0.400 e. The molecule has 5 N–H and O–H groups in total. The van der Waals surface area contributed by atoms with Gasteiger partial charge in [-0.3, -0.25) is 43.2 Å². The summed E-state index contributed by atoms with van der Waals surface area (Å²) in [5.41, 5.74) is -1.11. The highest BCUT2D eigenvalue weighted by Gasteiger charge is 2.35. The third-order valence-corrected chi connectivity index (χ3v) is 11.4. The number of amides is 8. The first kappa shape index (κ1) is 81.2. The molecule has 0 aliphatic carbocycles. The molecule has 32 nitrogen and oxygen atoms in total. The number of rotatable bonds is 54. The van der Waals surface area contributed by atoms with Crippen LogP contribution in [0.5, 0.6) is 0 Å². The number of aliphatic hydroxyl groups excluding tert-OH is 1. The molecule has 0 aromatic rings. The normalized spacial score (nSPS) is 13.5. The molecule has 2 rings (SSSR count). The molecule has 2 saturated heterocycles. The minimum absolute atomic E-state index is 0.00146. The number of hydrogen-bond acceptors (Lipinski definition) is 26. The molecule has 0 bridgehead atoms. The molecule has 0 radical (unpaired) electrons. The molecule has 2 aliphatic rings. The Morgan fingerprint density at radius 3 is 1.26 bits per heavy atom. The van der Waals surface area contributed by atoms with Gasteiger partial charge in [0.25, 0.3) is 23.6 Å². The van der Waals surface area contributed by atoms with E-state index in [2.05, 4.69) is 26.1 Å². The zero-order chi connectivity index (χ0) is 64.6. The third-order valence-electron chi connectivity index (χ3n) is 11.4. The van der Waals surface area contributed by atoms with Crippen molar-refractivity contribution >= 4 is 65.0 Å². The van der Waals surface area contributed by atoms with Crippen LogP contribution >= 0.6 is 0 Å². The molecule has 0 saturated carbocycles. The molecule has 32 heteroatoms. The van der Waals surface area contributed by atoms with Gasteiger partial charge < -0.3 is 92.9 Å². The van der Waals surface area contributed by atoms with Gasteiger partial charge in [0.15, 0.2) is 0 Å². The highest BCUT2D eigenvalue weighted by Crippen LogP contribution is 2.15. The van der Waals surface area contributed by atoms with Crippen LogP contribution in [0.4, 0.5) is 0 Å². The Hall–Kier alpha value is -5.75. The minimum Gasteiger partial charge on any atom is -0.400 e. The number of methoxy groups -OCH3 is 3. The lowest BCUT2D eigenvalue weighted by Crippen LogP contribution is -2.58. The van der Waals surface area contributed by atoms with Crippen molar-refractivity contribution in [2.45, 2.75) is 102 Å². The van der Waals surface area contributed by atoms with E-state index in [1.54, 1.807) is 14.2 Å². The van der Waals surface area contributed by atoms with Gasteiger partial charge in [-0.15, -0.1) is 10.1 Å². The molecule has 0 aromatic carbocycles. The molecule has 8 amide bonds. The number of ether oxygens (including phenoxy) is 12. The van der Waals surface area contributed by atoms with E-state index in [0.717, 1.165) is 7.11 Å². The number of carbonyl (C=O) groups is 11. The smallest absolute Gasteiger partial charge is 0.333 e. The van der Waals surface area contributed by atoms with Gasteiger partial charge in [-0.05, 0) is 19.8 Å². The van der Waals surface area contributed by atoms with E-state index < -0.39 is 41.1 Å². The van der Waals surface area contributed by atoms with Crippen LogP contribution in [0.1, 0.15) is 96.8 Å². The van der Waals surface area contributed by atoms with Gasteiger partial charge in [-0.25, -0.2) is 9.59 Å². The number of imide groups is 2. The number of hydrogen-bond donors (Lipinski definition) is 5. The number of Topliss-reactive ketones (excluding diaryl/α,β-unsaturated/α-hetero) is 1. The lowest BCUT2D eigenvalue weighted by Gasteiger charge is -2.34. The predicted octanol–water partition coefficient (Wildman–Crippen LogP) is -1.42. The number of hydroxylamine groups is 4. The van der Waals surface area contributed by atoms with Crippen molar-refractivity contribution in [3.05, 3.63) is 0 Å². The zero-order valence-corrected chi connectivity index (χ0v) is 51.4. The Labute approximate surface area is 508 Å². The van der Waals surface area contributed by atoms with Crippen LogP contribution in [0.2, 0.25) is 0 Å². The maximum atomic E-state index is 13.2. The van der Waals surface area contributed by atoms with Crippen LogP contribution in [-0.4, -0.2) is 273 Å². The van der Waals surface area contributed by atoms with Crippen LogP contribution in [0.15, 0.2) is 0 Å². The highest BCUT2D eigenvalue weighted by molar-refractivity contribution is 6.02. The van der Waals surface area contributed by atoms with Crippen molar-refractivity contribution in [1.29, 1.82) is 0 Å². The van der Waals surface area contributed by atoms with E-state index >= 15 is 0 Å². The van der Waals surface area contributed by atoms with E-state index in [1.807, 2.05) is 6.92 Å². The van der Waals surface area contributed by atoms with E-state index in [9.17, 15) is 52.7 Å². The van der Waals surface area contributed by atoms with E-state index in [4.69, 9.17) is 66.8 Å². The van der Waals surface area contributed by atoms with Gasteiger partial charge in [-0.2, -0.15) is 0 Å². The summed E-state index contributed by atoms with van der Waals surface area (Å²) in [4.78, 5) is 139. The van der Waals surface area contributed by atoms with E-state index in [1.165, 1.54) is 7.11 Å². The number of carbonyl (C=O) groups excluding carboxylic acids is 11. The lowest BCUT2D eigenvalue weighted by atomic mass is 10.0. The second-order valence-electron chi connectivity index (χ2n) is 18.6. The first-order valence-electron chi connectivity index (χ1n) is 29.0. The fraction of sp³-hybridized carbons (Fsp3) is 0.800. The van der Waals surface area contributed by atoms with Crippen LogP contribution in [0, 0.1) is 0 Å². The Morgan fingerprint density at radius 2 is 0.770 bits per heavy atom. The van der Waals surface area contributed by atoms with Crippen molar-refractivity contribution in [3.8, 4) is 0 Å². The summed E-state index contributed by atoms with van der Waals surface area (Å²) in [6.07, 6.45) is 1.27. The quantitative estimate of drug-likeness (QED) is 0.0344. The summed E-state index contributed by atoms with van der Waals surface area (Å²) < 4.78 is 65.0. The van der Waals surface area contributed by atoms with Crippen LogP contribution in [-0.2, 0) is 119 Å². The van der Waals surface area contributed by atoms with Gasteiger partial charge in [-0.1, -0.05) is 0 Å². The topological polar surface area (TPSA) is 392 Å². The molecule has 2 heterocycles. The SMILES string of the molecule is CCOCC(COCCC(=O)CCCOCCOC)(COCCC(=O)NCCOCCOC)NC(=O)CCOCCOCCOCCOCCNC(=O)CCCC(=O)ON1C(=O)CCC1=O.CO.COCCNC(=O)CCC(=O)ON1C(=O)CCC1=O. The fourth-order valence-corrected chi connectivity index (χ4v) is 6.99. The molecular formula is C55H96N6O26. The first-order chi connectivity index (χ1) is 42.1. The van der Waals surface area contributed by atoms with Gasteiger partial charge in [0, 0.05) is 132 Å². The second-order valence-corrected chi connectivity index (χ2v) is 18.6. The van der Waals surface area contributed by atoms with E-state index in [0.29, 0.717) is 115 Å². The van der Waals surface area contributed by atoms with E-state index in [-0.39, 0.29) is 172 Å². The molecular weight excluding hydrogens is 1160 g/mol. The molecule has 87 heavy (non-hydrogen) atoms. The Balaban J connectivity index is 0.00000295. The van der Waals surface area contributed by atoms with Gasteiger partial charge >= 0.3 is 11.9 Å². The van der Waals surface area contributed by atoms with Crippen molar-refractivity contribution < 1.29 is 124 Å². The fourth-order valence-electron chi connectivity index (χ4n) is 6.99. The lowest BCUT2D eigenvalue weighted by molar-refractivity contribution is -0.197. The summed E-state index contributed by atoms with van der Waals surface area (Å²) in [7, 11) is 5.68. The van der Waals surface area contributed by atoms with Crippen molar-refractivity contribution in [1.82, 2.24) is 31.4 Å². The molecule has 2 aliphatic heterocycles. The van der Waals surface area contributed by atoms with Gasteiger partial charge in [0.2, 0.25) is 23.6 Å². The second kappa shape index (κ2) is 55.6. The van der Waals surface area contributed by atoms with Crippen molar-refractivity contribution in [3.63, 3.8) is 0 Å². The van der Waals surface area contributed by atoms with Gasteiger partial charge in [0.1, 0.15) is 11.3 Å². The highest BCUT2D eigenvalue weighted by atomic mass is 16.7. The molecule has 2 fully saturated rings. The summed E-state index contributed by atoms with van der Waals surface area (Å²) in [5.74, 6) is -4.84. The summed E-state index contributed by atoms with van der Waals surface area (Å²) in [6, 6.07) is 0. The van der Waals surface area contributed by atoms with Crippen LogP contribution in [0.25, 0.3) is 0 Å². The summed E-state index contributed by atoms with van der Waals surface area (Å²) >= 11 is 0. The van der Waals surface area contributed by atoms with Crippen LogP contribution < -0.4 is 21.3 Å². The minimum atomic E-state index is -1.11. The molecule has 1 unspecified atom stereocenters. The Bertz CT molecular complexity index is 1880. The van der Waals surface area contributed by atoms with Crippen molar-refractivity contribution in [2.75, 3.05) is 187 Å². The Kier molecular flexibility index (Phi) is 51.9. The predicted molar refractivity (Wildman–Crippen MR) is 302 cm³/mol. The average Bonchev–Trinajstić information content (AvgIpc) is 3.25. The summed E-state index contributed by atoms with van der Waals surface area (Å²) in [6.45, 7) is 8.66. The number of nitrogens with zero attached hydrogens (tertiary/aromatic N) is 2. The van der Waals surface area contributed by atoms with Crippen molar-refractivity contribution in [2.24, 2.45) is 0 Å². The molecule has 0 aromatic heterocycles.